The zero-order chi connectivity index (χ0) is 14.4. The lowest BCUT2D eigenvalue weighted by Crippen LogP contribution is -2.34. The van der Waals surface area contributed by atoms with Gasteiger partial charge in [0.1, 0.15) is 4.75 Å². The second kappa shape index (κ2) is 4.46. The average molecular weight is 280 g/mol. The Hall–Kier alpha value is -1.13. The summed E-state index contributed by atoms with van der Waals surface area (Å²) in [6.07, 6.45) is 8.19. The van der Waals surface area contributed by atoms with Crippen molar-refractivity contribution in [2.24, 2.45) is 5.92 Å². The summed E-state index contributed by atoms with van der Waals surface area (Å²) in [7, 11) is -4.14. The van der Waals surface area contributed by atoms with Gasteiger partial charge in [-0.2, -0.15) is 8.42 Å². The minimum atomic E-state index is -4.14. The van der Waals surface area contributed by atoms with Gasteiger partial charge in [0.2, 0.25) is 0 Å². The van der Waals surface area contributed by atoms with Gasteiger partial charge in [-0.1, -0.05) is 38.2 Å². The molecule has 2 rings (SSSR count). The van der Waals surface area contributed by atoms with Gasteiger partial charge in [0.05, 0.1) is 0 Å². The Morgan fingerprint density at radius 3 is 2.47 bits per heavy atom. The van der Waals surface area contributed by atoms with Crippen LogP contribution in [0.1, 0.15) is 34.1 Å². The Balaban J connectivity index is 2.64. The third kappa shape index (κ3) is 2.23. The number of fused-ring (bicyclic) bond motifs is 1. The monoisotopic (exact) mass is 280 g/mol. The highest BCUT2D eigenvalue weighted by molar-refractivity contribution is 7.87. The molecule has 0 aromatic rings. The van der Waals surface area contributed by atoms with E-state index in [1.807, 2.05) is 31.2 Å². The van der Waals surface area contributed by atoms with E-state index in [9.17, 15) is 13.0 Å². The van der Waals surface area contributed by atoms with E-state index < -0.39 is 14.9 Å². The Morgan fingerprint density at radius 2 is 1.95 bits per heavy atom. The number of hydrogen-bond acceptors (Lipinski definition) is 2. The third-order valence-corrected chi connectivity index (χ3v) is 5.58. The minimum absolute atomic E-state index is 0.308. The van der Waals surface area contributed by atoms with Crippen molar-refractivity contribution in [3.63, 3.8) is 0 Å². The Morgan fingerprint density at radius 1 is 1.32 bits per heavy atom. The molecule has 2 aliphatic rings. The molecule has 1 N–H and O–H groups in total. The maximum atomic E-state index is 11.7. The Labute approximate surface area is 115 Å². The zero-order valence-electron chi connectivity index (χ0n) is 11.8. The van der Waals surface area contributed by atoms with Crippen LogP contribution >= 0.6 is 0 Å². The van der Waals surface area contributed by atoms with E-state index in [0.717, 1.165) is 16.7 Å². The lowest BCUT2D eigenvalue weighted by molar-refractivity contribution is 0.452. The molecule has 4 heteroatoms. The molecule has 0 aliphatic heterocycles. The molecule has 0 heterocycles. The highest BCUT2D eigenvalue weighted by atomic mass is 32.2. The van der Waals surface area contributed by atoms with Crippen LogP contribution in [0.25, 0.3) is 0 Å². The first-order chi connectivity index (χ1) is 8.67. The van der Waals surface area contributed by atoms with Crippen molar-refractivity contribution in [3.05, 3.63) is 46.6 Å². The fraction of sp³-hybridized carbons (Fsp3) is 0.467. The van der Waals surface area contributed by atoms with Gasteiger partial charge in [0.15, 0.2) is 0 Å². The highest BCUT2D eigenvalue weighted by Crippen LogP contribution is 2.45. The second-order valence-corrected chi connectivity index (χ2v) is 7.61. The predicted molar refractivity (Wildman–Crippen MR) is 77.4 cm³/mol. The van der Waals surface area contributed by atoms with Crippen LogP contribution in [-0.4, -0.2) is 17.7 Å². The van der Waals surface area contributed by atoms with E-state index in [2.05, 4.69) is 13.8 Å². The molecular weight excluding hydrogens is 260 g/mol. The van der Waals surface area contributed by atoms with Gasteiger partial charge >= 0.3 is 0 Å². The summed E-state index contributed by atoms with van der Waals surface area (Å²) in [4.78, 5) is 0. The first kappa shape index (κ1) is 14.3. The Bertz CT molecular complexity index is 630. The van der Waals surface area contributed by atoms with Gasteiger partial charge in [-0.25, -0.2) is 0 Å². The summed E-state index contributed by atoms with van der Waals surface area (Å²) in [5, 5.41) is 0. The van der Waals surface area contributed by atoms with Gasteiger partial charge in [-0.15, -0.1) is 0 Å². The maximum Gasteiger partial charge on any atom is 0.274 e. The van der Waals surface area contributed by atoms with Crippen LogP contribution in [-0.2, 0) is 10.1 Å². The zero-order valence-corrected chi connectivity index (χ0v) is 12.6. The van der Waals surface area contributed by atoms with Crippen LogP contribution in [0.3, 0.4) is 0 Å². The van der Waals surface area contributed by atoms with E-state index in [1.54, 1.807) is 6.92 Å². The first-order valence-corrected chi connectivity index (χ1v) is 7.89. The summed E-state index contributed by atoms with van der Waals surface area (Å²) in [5.41, 5.74) is 3.76. The molecular formula is C15H20O3S. The molecule has 0 amide bonds. The van der Waals surface area contributed by atoms with Crippen molar-refractivity contribution in [1.82, 2.24) is 0 Å². The molecule has 2 aliphatic carbocycles. The SMILES string of the molecule is CC1=CC=C(C(C)C)C=C2C1=CCC2(C)S(=O)(=O)O. The van der Waals surface area contributed by atoms with Crippen LogP contribution in [0, 0.1) is 5.92 Å². The van der Waals surface area contributed by atoms with E-state index in [1.165, 1.54) is 0 Å². The predicted octanol–water partition coefficient (Wildman–Crippen LogP) is 3.43. The van der Waals surface area contributed by atoms with E-state index in [0.29, 0.717) is 17.9 Å². The van der Waals surface area contributed by atoms with Crippen LogP contribution < -0.4 is 0 Å². The lowest BCUT2D eigenvalue weighted by Gasteiger charge is -2.24. The number of hydrogen-bond donors (Lipinski definition) is 1. The molecule has 0 saturated carbocycles. The molecule has 19 heavy (non-hydrogen) atoms. The topological polar surface area (TPSA) is 54.4 Å². The molecule has 3 nitrogen and oxygen atoms in total. The van der Waals surface area contributed by atoms with E-state index in [4.69, 9.17) is 0 Å². The van der Waals surface area contributed by atoms with Gasteiger partial charge in [0.25, 0.3) is 10.1 Å². The number of rotatable bonds is 2. The summed E-state index contributed by atoms with van der Waals surface area (Å²) >= 11 is 0. The van der Waals surface area contributed by atoms with Crippen LogP contribution in [0.4, 0.5) is 0 Å². The van der Waals surface area contributed by atoms with Crippen molar-refractivity contribution in [1.29, 1.82) is 0 Å². The summed E-state index contributed by atoms with van der Waals surface area (Å²) in [6.45, 7) is 7.70. The van der Waals surface area contributed by atoms with Crippen LogP contribution in [0.15, 0.2) is 46.6 Å². The van der Waals surface area contributed by atoms with Crippen molar-refractivity contribution < 1.29 is 13.0 Å². The molecule has 0 spiro atoms. The van der Waals surface area contributed by atoms with Gasteiger partial charge in [0, 0.05) is 0 Å². The number of allylic oxidation sites excluding steroid dienone is 7. The molecule has 0 radical (unpaired) electrons. The largest absolute Gasteiger partial charge is 0.285 e. The van der Waals surface area contributed by atoms with Crippen molar-refractivity contribution in [2.75, 3.05) is 0 Å². The van der Waals surface area contributed by atoms with Gasteiger partial charge < -0.3 is 0 Å². The fourth-order valence-corrected chi connectivity index (χ4v) is 3.28. The molecule has 1 atom stereocenters. The molecule has 0 fully saturated rings. The summed E-state index contributed by atoms with van der Waals surface area (Å²) in [6, 6.07) is 0. The molecule has 104 valence electrons. The van der Waals surface area contributed by atoms with Crippen molar-refractivity contribution in [2.45, 2.75) is 38.9 Å². The standard InChI is InChI=1S/C15H20O3S/c1-10(2)12-6-5-11(3)13-7-8-15(4,14(13)9-12)19(16,17)18/h5-7,9-10H,8H2,1-4H3,(H,16,17,18). The first-order valence-electron chi connectivity index (χ1n) is 6.45. The smallest absolute Gasteiger partial charge is 0.274 e. The Kier molecular flexibility index (Phi) is 3.35. The third-order valence-electron chi connectivity index (χ3n) is 4.05. The highest BCUT2D eigenvalue weighted by Gasteiger charge is 2.46. The minimum Gasteiger partial charge on any atom is -0.285 e. The van der Waals surface area contributed by atoms with Crippen molar-refractivity contribution >= 4 is 10.1 Å². The summed E-state index contributed by atoms with van der Waals surface area (Å²) in [5.74, 6) is 0.308. The van der Waals surface area contributed by atoms with E-state index in [-0.39, 0.29) is 0 Å². The molecule has 0 aromatic heterocycles. The lowest BCUT2D eigenvalue weighted by atomic mass is 9.92. The second-order valence-electron chi connectivity index (χ2n) is 5.76. The molecule has 0 bridgehead atoms. The fourth-order valence-electron chi connectivity index (χ4n) is 2.53. The van der Waals surface area contributed by atoms with E-state index >= 15 is 0 Å². The van der Waals surface area contributed by atoms with Gasteiger partial charge in [-0.05, 0) is 48.5 Å². The molecule has 0 aromatic carbocycles. The van der Waals surface area contributed by atoms with Gasteiger partial charge in [-0.3, -0.25) is 4.55 Å². The molecule has 1 unspecified atom stereocenters. The summed E-state index contributed by atoms with van der Waals surface area (Å²) < 4.78 is 31.8. The maximum absolute atomic E-state index is 11.7. The van der Waals surface area contributed by atoms with Crippen LogP contribution in [0.5, 0.6) is 0 Å². The molecule has 0 saturated heterocycles. The average Bonchev–Trinajstić information content (AvgIpc) is 2.51. The van der Waals surface area contributed by atoms with Crippen LogP contribution in [0.2, 0.25) is 0 Å². The quantitative estimate of drug-likeness (QED) is 0.788. The normalized spacial score (nSPS) is 27.3. The van der Waals surface area contributed by atoms with Crippen molar-refractivity contribution in [3.8, 4) is 0 Å².